The molecular formula is C17H18FNO2. The van der Waals surface area contributed by atoms with Gasteiger partial charge in [0.1, 0.15) is 12.4 Å². The number of aliphatic hydroxyl groups excluding tert-OH is 1. The summed E-state index contributed by atoms with van der Waals surface area (Å²) in [5.74, 6) is 5.55. The van der Waals surface area contributed by atoms with Crippen LogP contribution in [0.25, 0.3) is 0 Å². The highest BCUT2D eigenvalue weighted by molar-refractivity contribution is 5.94. The highest BCUT2D eigenvalue weighted by Crippen LogP contribution is 2.38. The van der Waals surface area contributed by atoms with Crippen LogP contribution in [0.3, 0.4) is 0 Å². The molecule has 0 aromatic heterocycles. The molecular weight excluding hydrogens is 269 g/mol. The van der Waals surface area contributed by atoms with Gasteiger partial charge in [-0.05, 0) is 42.9 Å². The summed E-state index contributed by atoms with van der Waals surface area (Å²) in [6.07, 6.45) is 3.63. The Labute approximate surface area is 123 Å². The van der Waals surface area contributed by atoms with Gasteiger partial charge in [0, 0.05) is 18.7 Å². The topological polar surface area (TPSA) is 40.5 Å². The van der Waals surface area contributed by atoms with Gasteiger partial charge in [-0.3, -0.25) is 4.79 Å². The van der Waals surface area contributed by atoms with Gasteiger partial charge in [-0.2, -0.15) is 0 Å². The zero-order chi connectivity index (χ0) is 14.8. The van der Waals surface area contributed by atoms with E-state index in [-0.39, 0.29) is 18.1 Å². The average Bonchev–Trinajstić information content (AvgIpc) is 3.05. The van der Waals surface area contributed by atoms with E-state index in [9.17, 15) is 9.18 Å². The summed E-state index contributed by atoms with van der Waals surface area (Å²) in [7, 11) is 0. The summed E-state index contributed by atoms with van der Waals surface area (Å²) in [5, 5.41) is 8.63. The quantitative estimate of drug-likeness (QED) is 0.803. The van der Waals surface area contributed by atoms with E-state index in [0.29, 0.717) is 17.4 Å². The second-order valence-electron chi connectivity index (χ2n) is 5.82. The summed E-state index contributed by atoms with van der Waals surface area (Å²) < 4.78 is 14.1. The second kappa shape index (κ2) is 5.87. The van der Waals surface area contributed by atoms with Crippen LogP contribution in [0.15, 0.2) is 18.2 Å². The van der Waals surface area contributed by atoms with Crippen molar-refractivity contribution in [1.29, 1.82) is 0 Å². The van der Waals surface area contributed by atoms with Crippen LogP contribution in [0.4, 0.5) is 4.39 Å². The molecule has 1 aromatic rings. The molecule has 0 spiro atoms. The van der Waals surface area contributed by atoms with Crippen LogP contribution in [-0.4, -0.2) is 35.6 Å². The van der Waals surface area contributed by atoms with Gasteiger partial charge in [-0.1, -0.05) is 18.3 Å². The summed E-state index contributed by atoms with van der Waals surface area (Å²) in [6, 6.07) is 4.37. The van der Waals surface area contributed by atoms with E-state index in [0.717, 1.165) is 13.1 Å². The van der Waals surface area contributed by atoms with Crippen LogP contribution in [0, 0.1) is 29.5 Å². The zero-order valence-corrected chi connectivity index (χ0v) is 11.8. The monoisotopic (exact) mass is 287 g/mol. The highest BCUT2D eigenvalue weighted by Gasteiger charge is 2.38. The number of hydrogen-bond donors (Lipinski definition) is 1. The molecule has 4 heteroatoms. The predicted octanol–water partition coefficient (Wildman–Crippen LogP) is 2.04. The van der Waals surface area contributed by atoms with Crippen molar-refractivity contribution >= 4 is 5.91 Å². The van der Waals surface area contributed by atoms with Crippen molar-refractivity contribution < 1.29 is 14.3 Å². The van der Waals surface area contributed by atoms with E-state index in [1.807, 2.05) is 0 Å². The Balaban J connectivity index is 1.76. The van der Waals surface area contributed by atoms with Gasteiger partial charge in [-0.15, -0.1) is 0 Å². The molecule has 1 saturated heterocycles. The molecule has 2 unspecified atom stereocenters. The van der Waals surface area contributed by atoms with Crippen LogP contribution in [-0.2, 0) is 0 Å². The lowest BCUT2D eigenvalue weighted by atomic mass is 10.0. The fourth-order valence-electron chi connectivity index (χ4n) is 3.48. The van der Waals surface area contributed by atoms with E-state index >= 15 is 0 Å². The van der Waals surface area contributed by atoms with E-state index in [1.165, 1.54) is 31.4 Å². The zero-order valence-electron chi connectivity index (χ0n) is 11.8. The minimum Gasteiger partial charge on any atom is -0.384 e. The van der Waals surface area contributed by atoms with Crippen LogP contribution in [0.1, 0.15) is 35.2 Å². The summed E-state index contributed by atoms with van der Waals surface area (Å²) in [6.45, 7) is 1.25. The van der Waals surface area contributed by atoms with Crippen molar-refractivity contribution in [3.8, 4) is 11.8 Å². The summed E-state index contributed by atoms with van der Waals surface area (Å²) >= 11 is 0. The van der Waals surface area contributed by atoms with Gasteiger partial charge in [0.25, 0.3) is 5.91 Å². The molecule has 1 heterocycles. The maximum Gasteiger partial charge on any atom is 0.256 e. The van der Waals surface area contributed by atoms with E-state index in [2.05, 4.69) is 11.8 Å². The predicted molar refractivity (Wildman–Crippen MR) is 77.1 cm³/mol. The van der Waals surface area contributed by atoms with Crippen molar-refractivity contribution in [2.45, 2.75) is 19.3 Å². The molecule has 1 aromatic carbocycles. The molecule has 1 amide bonds. The minimum absolute atomic E-state index is 0.115. The molecule has 2 atom stereocenters. The normalized spacial score (nSPS) is 23.6. The van der Waals surface area contributed by atoms with Crippen molar-refractivity contribution in [2.75, 3.05) is 19.7 Å². The van der Waals surface area contributed by atoms with Crippen LogP contribution < -0.4 is 0 Å². The Kier molecular flexibility index (Phi) is 3.94. The molecule has 3 rings (SSSR count). The van der Waals surface area contributed by atoms with Crippen molar-refractivity contribution in [2.24, 2.45) is 11.8 Å². The molecule has 0 bridgehead atoms. The smallest absolute Gasteiger partial charge is 0.256 e. The number of likely N-dealkylation sites (tertiary alicyclic amines) is 1. The maximum atomic E-state index is 14.1. The number of carbonyl (C=O) groups is 1. The number of benzene rings is 1. The van der Waals surface area contributed by atoms with Crippen molar-refractivity contribution in [1.82, 2.24) is 4.90 Å². The molecule has 1 aliphatic heterocycles. The average molecular weight is 287 g/mol. The molecule has 1 saturated carbocycles. The van der Waals surface area contributed by atoms with Gasteiger partial charge >= 0.3 is 0 Å². The number of fused-ring (bicyclic) bond motifs is 1. The molecule has 1 aliphatic carbocycles. The Morgan fingerprint density at radius 2 is 2.05 bits per heavy atom. The van der Waals surface area contributed by atoms with Gasteiger partial charge < -0.3 is 10.0 Å². The first-order chi connectivity index (χ1) is 10.2. The van der Waals surface area contributed by atoms with Crippen LogP contribution >= 0.6 is 0 Å². The lowest BCUT2D eigenvalue weighted by Gasteiger charge is -2.17. The first-order valence-corrected chi connectivity index (χ1v) is 7.37. The number of hydrogen-bond acceptors (Lipinski definition) is 2. The molecule has 110 valence electrons. The van der Waals surface area contributed by atoms with Crippen LogP contribution in [0.5, 0.6) is 0 Å². The Bertz CT molecular complexity index is 605. The van der Waals surface area contributed by atoms with Gasteiger partial charge in [-0.25, -0.2) is 4.39 Å². The second-order valence-corrected chi connectivity index (χ2v) is 5.82. The third-order valence-electron chi connectivity index (χ3n) is 4.52. The van der Waals surface area contributed by atoms with Crippen molar-refractivity contribution in [3.63, 3.8) is 0 Å². The standard InChI is InChI=1S/C17H18FNO2/c18-16-9-12(3-2-8-20)6-7-15(16)17(21)19-10-13-4-1-5-14(13)11-19/h6-7,9,13-14,20H,1,4-5,8,10-11H2. The molecule has 0 radical (unpaired) electrons. The van der Waals surface area contributed by atoms with Gasteiger partial charge in [0.2, 0.25) is 0 Å². The number of amides is 1. The fourth-order valence-corrected chi connectivity index (χ4v) is 3.48. The number of halogens is 1. The molecule has 2 aliphatic rings. The highest BCUT2D eigenvalue weighted by atomic mass is 19.1. The number of nitrogens with zero attached hydrogens (tertiary/aromatic N) is 1. The van der Waals surface area contributed by atoms with Crippen molar-refractivity contribution in [3.05, 3.63) is 35.1 Å². The summed E-state index contributed by atoms with van der Waals surface area (Å²) in [4.78, 5) is 14.2. The third kappa shape index (κ3) is 2.79. The van der Waals surface area contributed by atoms with E-state index < -0.39 is 5.82 Å². The minimum atomic E-state index is -0.540. The first-order valence-electron chi connectivity index (χ1n) is 7.37. The SMILES string of the molecule is O=C(c1ccc(C#CCO)cc1F)N1CC2CCCC2C1. The van der Waals surface area contributed by atoms with Crippen LogP contribution in [0.2, 0.25) is 0 Å². The largest absolute Gasteiger partial charge is 0.384 e. The van der Waals surface area contributed by atoms with Gasteiger partial charge in [0.05, 0.1) is 5.56 Å². The molecule has 21 heavy (non-hydrogen) atoms. The third-order valence-corrected chi connectivity index (χ3v) is 4.52. The lowest BCUT2D eigenvalue weighted by molar-refractivity contribution is 0.0776. The molecule has 3 nitrogen and oxygen atoms in total. The summed E-state index contributed by atoms with van der Waals surface area (Å²) in [5.41, 5.74) is 0.584. The Hall–Kier alpha value is -1.86. The lowest BCUT2D eigenvalue weighted by Crippen LogP contribution is -2.30. The number of carbonyl (C=O) groups excluding carboxylic acids is 1. The van der Waals surface area contributed by atoms with Gasteiger partial charge in [0.15, 0.2) is 0 Å². The Morgan fingerprint density at radius 1 is 1.33 bits per heavy atom. The number of aliphatic hydroxyl groups is 1. The first kappa shape index (κ1) is 14.1. The Morgan fingerprint density at radius 3 is 2.67 bits per heavy atom. The van der Waals surface area contributed by atoms with E-state index in [1.54, 1.807) is 11.0 Å². The molecule has 2 fully saturated rings. The maximum absolute atomic E-state index is 14.1. The fraction of sp³-hybridized carbons (Fsp3) is 0.471. The molecule has 1 N–H and O–H groups in total. The number of rotatable bonds is 1. The van der Waals surface area contributed by atoms with E-state index in [4.69, 9.17) is 5.11 Å².